The zero-order valence-corrected chi connectivity index (χ0v) is 18.4. The van der Waals surface area contributed by atoms with Crippen LogP contribution in [0.5, 0.6) is 0 Å². The van der Waals surface area contributed by atoms with Crippen LogP contribution in [0.25, 0.3) is 0 Å². The second-order valence-electron chi connectivity index (χ2n) is 6.51. The van der Waals surface area contributed by atoms with Gasteiger partial charge in [-0.2, -0.15) is 0 Å². The van der Waals surface area contributed by atoms with Gasteiger partial charge in [-0.1, -0.05) is 13.3 Å². The Morgan fingerprint density at radius 2 is 2.14 bits per heavy atom. The van der Waals surface area contributed by atoms with Gasteiger partial charge in [-0.05, 0) is 26.2 Å². The average Bonchev–Trinajstić information content (AvgIpc) is 3.18. The van der Waals surface area contributed by atoms with Crippen molar-refractivity contribution in [3.63, 3.8) is 0 Å². The van der Waals surface area contributed by atoms with E-state index in [4.69, 9.17) is 18.5 Å². The highest BCUT2D eigenvalue weighted by Crippen LogP contribution is 2.35. The molecule has 0 aliphatic carbocycles. The highest BCUT2D eigenvalue weighted by atomic mass is 31.2. The molecule has 2 amide bonds. The fourth-order valence-electron chi connectivity index (χ4n) is 2.44. The van der Waals surface area contributed by atoms with Crippen LogP contribution < -0.4 is 10.4 Å². The number of rotatable bonds is 14. The monoisotopic (exact) mass is 433 g/mol. The van der Waals surface area contributed by atoms with Crippen molar-refractivity contribution in [3.05, 3.63) is 12.3 Å². The summed E-state index contributed by atoms with van der Waals surface area (Å²) in [4.78, 5) is 35.2. The maximum atomic E-state index is 11.9. The minimum absolute atomic E-state index is 0.131. The van der Waals surface area contributed by atoms with E-state index < -0.39 is 20.5 Å². The van der Waals surface area contributed by atoms with Crippen LogP contribution in [0.4, 0.5) is 0 Å². The molecule has 29 heavy (non-hydrogen) atoms. The molecule has 0 bridgehead atoms. The van der Waals surface area contributed by atoms with E-state index in [-0.39, 0.29) is 18.3 Å². The number of hydrogen-bond donors (Lipinski definition) is 2. The summed E-state index contributed by atoms with van der Waals surface area (Å²) in [5.74, 6) is -0.834. The number of carbonyl (C=O) groups excluding carboxylic acids is 3. The van der Waals surface area contributed by atoms with Crippen molar-refractivity contribution in [2.45, 2.75) is 57.9 Å². The fraction of sp³-hybridized carbons (Fsp3) is 0.722. The van der Waals surface area contributed by atoms with Crippen molar-refractivity contribution >= 4 is 26.8 Å². The number of nitrogens with zero attached hydrogens (tertiary/aromatic N) is 1. The SMILES string of the molecule is CCCCOC(=O)C(C)NP(OC)OCC1CCC(N(C)/C=C\C(=O)NC=O)O1. The first kappa shape index (κ1) is 25.5. The molecule has 0 saturated carbocycles. The summed E-state index contributed by atoms with van der Waals surface area (Å²) in [6.07, 6.45) is 6.17. The highest BCUT2D eigenvalue weighted by molar-refractivity contribution is 7.45. The third kappa shape index (κ3) is 10.1. The fourth-order valence-corrected chi connectivity index (χ4v) is 3.45. The van der Waals surface area contributed by atoms with Gasteiger partial charge in [0.15, 0.2) is 0 Å². The predicted molar refractivity (Wildman–Crippen MR) is 107 cm³/mol. The summed E-state index contributed by atoms with van der Waals surface area (Å²) in [6.45, 7) is 4.45. The summed E-state index contributed by atoms with van der Waals surface area (Å²) in [7, 11) is 1.84. The molecule has 10 nitrogen and oxygen atoms in total. The van der Waals surface area contributed by atoms with Crippen molar-refractivity contribution in [2.24, 2.45) is 0 Å². The Labute approximate surface area is 173 Å². The van der Waals surface area contributed by atoms with Crippen molar-refractivity contribution in [3.8, 4) is 0 Å². The molecular formula is C18H32N3O7P. The minimum Gasteiger partial charge on any atom is -0.465 e. The van der Waals surface area contributed by atoms with Gasteiger partial charge in [0.1, 0.15) is 12.3 Å². The zero-order chi connectivity index (χ0) is 21.6. The van der Waals surface area contributed by atoms with Crippen molar-refractivity contribution in [1.82, 2.24) is 15.3 Å². The molecule has 11 heteroatoms. The van der Waals surface area contributed by atoms with Crippen molar-refractivity contribution in [1.29, 1.82) is 0 Å². The summed E-state index contributed by atoms with van der Waals surface area (Å²) >= 11 is 0. The number of carbonyl (C=O) groups is 3. The topological polar surface area (TPSA) is 115 Å². The van der Waals surface area contributed by atoms with E-state index in [1.165, 1.54) is 13.2 Å². The Kier molecular flexibility index (Phi) is 12.6. The molecule has 4 atom stereocenters. The molecule has 1 aliphatic heterocycles. The minimum atomic E-state index is -1.46. The Bertz CT molecular complexity index is 550. The number of unbranched alkanes of at least 4 members (excludes halogenated alkanes) is 1. The molecule has 166 valence electrons. The maximum Gasteiger partial charge on any atom is 0.323 e. The van der Waals surface area contributed by atoms with Crippen LogP contribution in [0.1, 0.15) is 39.5 Å². The van der Waals surface area contributed by atoms with E-state index in [1.54, 1.807) is 25.1 Å². The van der Waals surface area contributed by atoms with Gasteiger partial charge in [0.2, 0.25) is 6.41 Å². The largest absolute Gasteiger partial charge is 0.465 e. The average molecular weight is 433 g/mol. The number of imide groups is 1. The maximum absolute atomic E-state index is 11.9. The second kappa shape index (κ2) is 14.4. The summed E-state index contributed by atoms with van der Waals surface area (Å²) in [6, 6.07) is -0.538. The lowest BCUT2D eigenvalue weighted by molar-refractivity contribution is -0.145. The summed E-state index contributed by atoms with van der Waals surface area (Å²) < 4.78 is 22.1. The lowest BCUT2D eigenvalue weighted by Crippen LogP contribution is -2.33. The van der Waals surface area contributed by atoms with Gasteiger partial charge in [-0.15, -0.1) is 0 Å². The molecule has 0 radical (unpaired) electrons. The van der Waals surface area contributed by atoms with Crippen LogP contribution in [0.15, 0.2) is 12.3 Å². The molecule has 2 N–H and O–H groups in total. The van der Waals surface area contributed by atoms with E-state index in [2.05, 4.69) is 5.09 Å². The van der Waals surface area contributed by atoms with Crippen LogP contribution in [0.2, 0.25) is 0 Å². The first-order valence-electron chi connectivity index (χ1n) is 9.60. The molecule has 4 unspecified atom stereocenters. The van der Waals surface area contributed by atoms with E-state index in [1.807, 2.05) is 12.2 Å². The predicted octanol–water partition coefficient (Wildman–Crippen LogP) is 1.42. The number of esters is 1. The first-order chi connectivity index (χ1) is 13.9. The molecule has 1 rings (SSSR count). The van der Waals surface area contributed by atoms with E-state index in [0.29, 0.717) is 19.6 Å². The Morgan fingerprint density at radius 3 is 2.79 bits per heavy atom. The molecule has 1 heterocycles. The van der Waals surface area contributed by atoms with Gasteiger partial charge in [-0.3, -0.25) is 19.7 Å². The lowest BCUT2D eigenvalue weighted by Gasteiger charge is -2.24. The Balaban J connectivity index is 2.35. The smallest absolute Gasteiger partial charge is 0.323 e. The third-order valence-corrected chi connectivity index (χ3v) is 5.45. The number of nitrogens with one attached hydrogen (secondary N) is 2. The van der Waals surface area contributed by atoms with Crippen molar-refractivity contribution < 1.29 is 32.9 Å². The van der Waals surface area contributed by atoms with Gasteiger partial charge < -0.3 is 23.4 Å². The van der Waals surface area contributed by atoms with Gasteiger partial charge in [0, 0.05) is 26.4 Å². The van der Waals surface area contributed by atoms with Crippen molar-refractivity contribution in [2.75, 3.05) is 27.4 Å². The van der Waals surface area contributed by atoms with Gasteiger partial charge in [0.25, 0.3) is 14.4 Å². The van der Waals surface area contributed by atoms with Crippen LogP contribution in [-0.4, -0.2) is 68.9 Å². The summed E-state index contributed by atoms with van der Waals surface area (Å²) in [5.41, 5.74) is 0. The van der Waals surface area contributed by atoms with E-state index >= 15 is 0 Å². The molecule has 0 aromatic carbocycles. The molecule has 0 spiro atoms. The van der Waals surface area contributed by atoms with Gasteiger partial charge in [0.05, 0.1) is 19.3 Å². The van der Waals surface area contributed by atoms with Gasteiger partial charge >= 0.3 is 5.97 Å². The highest BCUT2D eigenvalue weighted by Gasteiger charge is 2.29. The molecule has 1 saturated heterocycles. The normalized spacial score (nSPS) is 21.0. The van der Waals surface area contributed by atoms with E-state index in [0.717, 1.165) is 25.7 Å². The van der Waals surface area contributed by atoms with Crippen LogP contribution in [0, 0.1) is 0 Å². The number of ether oxygens (including phenoxy) is 2. The Hall–Kier alpha value is -1.58. The molecule has 0 aromatic heterocycles. The number of amides is 2. The van der Waals surface area contributed by atoms with Crippen LogP contribution in [-0.2, 0) is 32.9 Å². The molecule has 0 aromatic rings. The lowest BCUT2D eigenvalue weighted by atomic mass is 10.2. The van der Waals surface area contributed by atoms with Crippen LogP contribution >= 0.6 is 8.53 Å². The first-order valence-corrected chi connectivity index (χ1v) is 10.8. The molecular weight excluding hydrogens is 401 g/mol. The third-order valence-electron chi connectivity index (χ3n) is 4.14. The molecule has 1 aliphatic rings. The summed E-state index contributed by atoms with van der Waals surface area (Å²) in [5, 5.41) is 5.02. The zero-order valence-electron chi connectivity index (χ0n) is 17.5. The van der Waals surface area contributed by atoms with Crippen LogP contribution in [0.3, 0.4) is 0 Å². The standard InChI is InChI=1S/C18H32N3O7P/c1-5-6-11-26-18(24)14(2)20-29(25-4)27-12-15-7-8-17(28-15)21(3)10-9-16(23)19-13-22/h9-10,13-15,17,20H,5-8,11-12H2,1-4H3,(H,19,22,23)/b10-9-. The van der Waals surface area contributed by atoms with Gasteiger partial charge in [-0.25, -0.2) is 5.09 Å². The Morgan fingerprint density at radius 1 is 1.38 bits per heavy atom. The second-order valence-corrected chi connectivity index (χ2v) is 7.90. The quantitative estimate of drug-likeness (QED) is 0.138. The number of hydrogen-bond acceptors (Lipinski definition) is 9. The van der Waals surface area contributed by atoms with E-state index in [9.17, 15) is 14.4 Å². The molecule has 1 fully saturated rings.